The van der Waals surface area contributed by atoms with Crippen LogP contribution < -0.4 is 14.4 Å². The molecule has 0 radical (unpaired) electrons. The lowest BCUT2D eigenvalue weighted by Gasteiger charge is -2.30. The van der Waals surface area contributed by atoms with E-state index in [1.807, 2.05) is 19.1 Å². The number of morpholine rings is 1. The molecule has 2 aliphatic rings. The van der Waals surface area contributed by atoms with E-state index in [4.69, 9.17) is 19.2 Å². The fourth-order valence-corrected chi connectivity index (χ4v) is 8.03. The molecule has 2 aromatic carbocycles. The molecule has 1 aromatic heterocycles. The molecular formula is C28H36N4O6S2. The van der Waals surface area contributed by atoms with Gasteiger partial charge in [-0.1, -0.05) is 17.4 Å². The summed E-state index contributed by atoms with van der Waals surface area (Å²) in [7, 11) is -0.743. The normalized spacial score (nSPS) is 18.7. The highest BCUT2D eigenvalue weighted by molar-refractivity contribution is 7.89. The number of nitrogens with zero attached hydrogens (tertiary/aromatic N) is 4. The first-order valence-electron chi connectivity index (χ1n) is 13.5. The van der Waals surface area contributed by atoms with Crippen molar-refractivity contribution in [1.82, 2.24) is 14.2 Å². The third-order valence-electron chi connectivity index (χ3n) is 7.52. The molecule has 5 rings (SSSR count). The summed E-state index contributed by atoms with van der Waals surface area (Å²) < 4.78 is 45.8. The minimum Gasteiger partial charge on any atom is -0.497 e. The summed E-state index contributed by atoms with van der Waals surface area (Å²) in [6.45, 7) is 6.69. The van der Waals surface area contributed by atoms with Crippen molar-refractivity contribution >= 4 is 42.6 Å². The molecule has 3 heterocycles. The molecule has 0 spiro atoms. The molecule has 0 bridgehead atoms. The van der Waals surface area contributed by atoms with Gasteiger partial charge in [0.15, 0.2) is 5.13 Å². The van der Waals surface area contributed by atoms with Gasteiger partial charge < -0.3 is 14.2 Å². The molecule has 10 nitrogen and oxygen atoms in total. The Balaban J connectivity index is 1.45. The summed E-state index contributed by atoms with van der Waals surface area (Å²) in [4.78, 5) is 23.2. The number of methoxy groups -OCH3 is 2. The summed E-state index contributed by atoms with van der Waals surface area (Å²) in [6.07, 6.45) is 1.80. The third kappa shape index (κ3) is 5.82. The lowest BCUT2D eigenvalue weighted by Crippen LogP contribution is -2.48. The lowest BCUT2D eigenvalue weighted by molar-refractivity contribution is -0.121. The number of amides is 1. The largest absolute Gasteiger partial charge is 0.497 e. The van der Waals surface area contributed by atoms with Crippen LogP contribution in [0.4, 0.5) is 5.13 Å². The third-order valence-corrected chi connectivity index (χ3v) is 10.7. The van der Waals surface area contributed by atoms with E-state index < -0.39 is 16.1 Å². The number of benzene rings is 2. The zero-order valence-electron chi connectivity index (χ0n) is 23.2. The number of aryl methyl sites for hydroxylation is 1. The van der Waals surface area contributed by atoms with Crippen LogP contribution >= 0.6 is 11.3 Å². The summed E-state index contributed by atoms with van der Waals surface area (Å²) in [5.41, 5.74) is 1.76. The number of ether oxygens (including phenoxy) is 3. The molecular weight excluding hydrogens is 552 g/mol. The number of hydrogen-bond acceptors (Lipinski definition) is 9. The first-order chi connectivity index (χ1) is 19.3. The molecule has 0 N–H and O–H groups in total. The Kier molecular flexibility index (Phi) is 8.91. The van der Waals surface area contributed by atoms with E-state index in [-0.39, 0.29) is 10.8 Å². The Bertz CT molecular complexity index is 1440. The number of hydrogen-bond donors (Lipinski definition) is 0. The van der Waals surface area contributed by atoms with Crippen molar-refractivity contribution in [3.05, 3.63) is 42.0 Å². The van der Waals surface area contributed by atoms with Gasteiger partial charge in [0.05, 0.1) is 37.0 Å². The monoisotopic (exact) mass is 588 g/mol. The highest BCUT2D eigenvalue weighted by Gasteiger charge is 2.42. The Hall–Kier alpha value is -2.77. The number of rotatable bonds is 10. The van der Waals surface area contributed by atoms with E-state index in [1.54, 1.807) is 24.1 Å². The van der Waals surface area contributed by atoms with Crippen LogP contribution in [0.5, 0.6) is 11.5 Å². The van der Waals surface area contributed by atoms with Gasteiger partial charge in [-0.15, -0.1) is 0 Å². The van der Waals surface area contributed by atoms with Gasteiger partial charge in [-0.05, 0) is 62.1 Å². The Morgan fingerprint density at radius 1 is 1.10 bits per heavy atom. The maximum Gasteiger partial charge on any atom is 0.247 e. The number of aromatic nitrogens is 1. The van der Waals surface area contributed by atoms with Crippen molar-refractivity contribution in [1.29, 1.82) is 0 Å². The van der Waals surface area contributed by atoms with E-state index in [0.717, 1.165) is 36.3 Å². The van der Waals surface area contributed by atoms with Crippen molar-refractivity contribution < 1.29 is 27.4 Å². The van der Waals surface area contributed by atoms with Crippen molar-refractivity contribution in [2.45, 2.75) is 37.1 Å². The first-order valence-corrected chi connectivity index (χ1v) is 15.8. The second kappa shape index (κ2) is 12.4. The summed E-state index contributed by atoms with van der Waals surface area (Å²) in [6, 6.07) is 9.35. The van der Waals surface area contributed by atoms with Crippen molar-refractivity contribution in [2.75, 3.05) is 65.1 Å². The van der Waals surface area contributed by atoms with Gasteiger partial charge in [-0.2, -0.15) is 4.31 Å². The topological polar surface area (TPSA) is 102 Å². The zero-order valence-corrected chi connectivity index (χ0v) is 24.8. The molecule has 0 saturated carbocycles. The minimum atomic E-state index is -3.88. The van der Waals surface area contributed by atoms with Gasteiger partial charge >= 0.3 is 0 Å². The highest BCUT2D eigenvalue weighted by atomic mass is 32.2. The molecule has 2 saturated heterocycles. The SMILES string of the molecule is COc1ccc(S(=O)(=O)N2CCCC2C(=O)N(CCCN2CCOCC2)c2nc3c(OC)ccc(C)c3s2)cc1. The maximum absolute atomic E-state index is 14.2. The van der Waals surface area contributed by atoms with E-state index in [2.05, 4.69) is 4.90 Å². The van der Waals surface area contributed by atoms with Crippen LogP contribution in [0.25, 0.3) is 10.2 Å². The van der Waals surface area contributed by atoms with E-state index in [0.29, 0.717) is 61.3 Å². The van der Waals surface area contributed by atoms with Crippen LogP contribution in [-0.4, -0.2) is 94.7 Å². The highest BCUT2D eigenvalue weighted by Crippen LogP contribution is 2.38. The molecule has 2 fully saturated rings. The fourth-order valence-electron chi connectivity index (χ4n) is 5.29. The van der Waals surface area contributed by atoms with Crippen LogP contribution in [0.2, 0.25) is 0 Å². The van der Waals surface area contributed by atoms with Gasteiger partial charge in [-0.3, -0.25) is 14.6 Å². The predicted molar refractivity (Wildman–Crippen MR) is 155 cm³/mol. The summed E-state index contributed by atoms with van der Waals surface area (Å²) in [5.74, 6) is 0.974. The first kappa shape index (κ1) is 28.7. The predicted octanol–water partition coefficient (Wildman–Crippen LogP) is 3.53. The van der Waals surface area contributed by atoms with Gasteiger partial charge in [0.1, 0.15) is 23.1 Å². The average molecular weight is 589 g/mol. The second-order valence-electron chi connectivity index (χ2n) is 10.0. The number of thiazole rings is 1. The molecule has 1 amide bonds. The lowest BCUT2D eigenvalue weighted by atomic mass is 10.2. The molecule has 2 aliphatic heterocycles. The molecule has 12 heteroatoms. The average Bonchev–Trinajstić information content (AvgIpc) is 3.65. The quantitative estimate of drug-likeness (QED) is 0.355. The summed E-state index contributed by atoms with van der Waals surface area (Å²) >= 11 is 1.44. The van der Waals surface area contributed by atoms with Crippen LogP contribution in [0, 0.1) is 6.92 Å². The van der Waals surface area contributed by atoms with E-state index in [1.165, 1.54) is 34.9 Å². The molecule has 0 aliphatic carbocycles. The molecule has 40 heavy (non-hydrogen) atoms. The van der Waals surface area contributed by atoms with Crippen molar-refractivity contribution in [3.63, 3.8) is 0 Å². The standard InChI is InChI=1S/C28H36N4O6S2/c1-20-7-12-24(37-3)25-26(20)39-28(29-25)31(14-5-13-30-16-18-38-19-17-30)27(33)23-6-4-15-32(23)40(34,35)22-10-8-21(36-2)9-11-22/h7-12,23H,4-6,13-19H2,1-3H3. The van der Waals surface area contributed by atoms with Gasteiger partial charge in [0.2, 0.25) is 15.9 Å². The van der Waals surface area contributed by atoms with Crippen molar-refractivity contribution in [2.24, 2.45) is 0 Å². The number of carbonyl (C=O) groups excluding carboxylic acids is 1. The molecule has 1 atom stereocenters. The maximum atomic E-state index is 14.2. The number of fused-ring (bicyclic) bond motifs is 1. The number of sulfonamides is 1. The molecule has 1 unspecified atom stereocenters. The van der Waals surface area contributed by atoms with Crippen molar-refractivity contribution in [3.8, 4) is 11.5 Å². The number of anilines is 1. The smallest absolute Gasteiger partial charge is 0.247 e. The summed E-state index contributed by atoms with van der Waals surface area (Å²) in [5, 5.41) is 0.559. The molecule has 216 valence electrons. The van der Waals surface area contributed by atoms with Gasteiger partial charge in [-0.25, -0.2) is 13.4 Å². The van der Waals surface area contributed by atoms with Crippen LogP contribution in [0.15, 0.2) is 41.3 Å². The van der Waals surface area contributed by atoms with Crippen LogP contribution in [-0.2, 0) is 19.6 Å². The van der Waals surface area contributed by atoms with Gasteiger partial charge in [0.25, 0.3) is 0 Å². The Morgan fingerprint density at radius 3 is 2.55 bits per heavy atom. The van der Waals surface area contributed by atoms with E-state index >= 15 is 0 Å². The van der Waals surface area contributed by atoms with Crippen LogP contribution in [0.3, 0.4) is 0 Å². The fraction of sp³-hybridized carbons (Fsp3) is 0.500. The molecule has 3 aromatic rings. The van der Waals surface area contributed by atoms with Crippen LogP contribution in [0.1, 0.15) is 24.8 Å². The van der Waals surface area contributed by atoms with E-state index in [9.17, 15) is 13.2 Å². The second-order valence-corrected chi connectivity index (χ2v) is 12.9. The zero-order chi connectivity index (χ0) is 28.3. The Morgan fingerprint density at radius 2 is 1.85 bits per heavy atom. The van der Waals surface area contributed by atoms with Gasteiger partial charge in [0, 0.05) is 32.7 Å². The number of carbonyl (C=O) groups is 1. The minimum absolute atomic E-state index is 0.146. The Labute approximate surface area is 239 Å².